The third kappa shape index (κ3) is 3.53. The topological polar surface area (TPSA) is 50.5 Å². The summed E-state index contributed by atoms with van der Waals surface area (Å²) in [7, 11) is 1.67. The van der Waals surface area contributed by atoms with Crippen LogP contribution in [0.4, 0.5) is 11.4 Å². The van der Waals surface area contributed by atoms with Crippen LogP contribution < -0.4 is 15.8 Å². The first-order chi connectivity index (χ1) is 9.10. The van der Waals surface area contributed by atoms with Crippen molar-refractivity contribution in [2.24, 2.45) is 5.92 Å². The van der Waals surface area contributed by atoms with Crippen molar-refractivity contribution in [1.29, 1.82) is 0 Å². The lowest BCUT2D eigenvalue weighted by molar-refractivity contribution is 0.266. The molecule has 0 bridgehead atoms. The molecule has 1 saturated heterocycles. The van der Waals surface area contributed by atoms with Crippen molar-refractivity contribution >= 4 is 11.4 Å². The standard InChI is InChI=1S/C15H25N3O/c1-11(2)18-7-6-12(10-18)9-17-15-8-13(19-3)4-5-14(15)16/h4-5,8,11-12,17H,6-7,9-10,16H2,1-3H3. The molecule has 1 fully saturated rings. The van der Waals surface area contributed by atoms with E-state index in [-0.39, 0.29) is 0 Å². The van der Waals surface area contributed by atoms with Crippen LogP contribution in [0.3, 0.4) is 0 Å². The van der Waals surface area contributed by atoms with E-state index in [1.54, 1.807) is 7.11 Å². The maximum atomic E-state index is 5.98. The smallest absolute Gasteiger partial charge is 0.121 e. The molecule has 0 saturated carbocycles. The summed E-state index contributed by atoms with van der Waals surface area (Å²) in [5.41, 5.74) is 7.73. The minimum Gasteiger partial charge on any atom is -0.497 e. The third-order valence-corrected chi connectivity index (χ3v) is 3.89. The number of hydrogen-bond acceptors (Lipinski definition) is 4. The highest BCUT2D eigenvalue weighted by molar-refractivity contribution is 5.68. The normalized spacial score (nSPS) is 19.9. The minimum atomic E-state index is 0.645. The average molecular weight is 263 g/mol. The molecule has 106 valence electrons. The van der Waals surface area contributed by atoms with Gasteiger partial charge in [-0.2, -0.15) is 0 Å². The molecule has 4 nitrogen and oxygen atoms in total. The number of anilines is 2. The van der Waals surface area contributed by atoms with Crippen LogP contribution in [0.15, 0.2) is 18.2 Å². The summed E-state index contributed by atoms with van der Waals surface area (Å²) in [6, 6.07) is 6.38. The zero-order chi connectivity index (χ0) is 13.8. The second kappa shape index (κ2) is 6.15. The number of nitrogens with zero attached hydrogens (tertiary/aromatic N) is 1. The van der Waals surface area contributed by atoms with E-state index >= 15 is 0 Å². The summed E-state index contributed by atoms with van der Waals surface area (Å²) in [5.74, 6) is 1.54. The summed E-state index contributed by atoms with van der Waals surface area (Å²) in [6.45, 7) is 7.87. The van der Waals surface area contributed by atoms with Gasteiger partial charge in [-0.1, -0.05) is 0 Å². The van der Waals surface area contributed by atoms with Crippen LogP contribution in [0.25, 0.3) is 0 Å². The van der Waals surface area contributed by atoms with Crippen LogP contribution in [-0.4, -0.2) is 37.7 Å². The van der Waals surface area contributed by atoms with E-state index < -0.39 is 0 Å². The van der Waals surface area contributed by atoms with Crippen LogP contribution in [0.1, 0.15) is 20.3 Å². The molecule has 1 aromatic carbocycles. The van der Waals surface area contributed by atoms with Gasteiger partial charge >= 0.3 is 0 Å². The largest absolute Gasteiger partial charge is 0.497 e. The van der Waals surface area contributed by atoms with Crippen molar-refractivity contribution in [2.45, 2.75) is 26.3 Å². The summed E-state index contributed by atoms with van der Waals surface area (Å²) >= 11 is 0. The Labute approximate surface area is 115 Å². The summed E-state index contributed by atoms with van der Waals surface area (Å²) < 4.78 is 5.23. The lowest BCUT2D eigenvalue weighted by Gasteiger charge is -2.20. The number of rotatable bonds is 5. The van der Waals surface area contributed by atoms with E-state index in [4.69, 9.17) is 10.5 Å². The molecular formula is C15H25N3O. The van der Waals surface area contributed by atoms with Gasteiger partial charge in [0.1, 0.15) is 5.75 Å². The van der Waals surface area contributed by atoms with Gasteiger partial charge in [0.15, 0.2) is 0 Å². The van der Waals surface area contributed by atoms with Crippen LogP contribution >= 0.6 is 0 Å². The molecule has 1 aliphatic heterocycles. The quantitative estimate of drug-likeness (QED) is 0.801. The van der Waals surface area contributed by atoms with Crippen LogP contribution in [0.2, 0.25) is 0 Å². The minimum absolute atomic E-state index is 0.645. The van der Waals surface area contributed by atoms with Crippen LogP contribution in [0.5, 0.6) is 5.75 Å². The van der Waals surface area contributed by atoms with Gasteiger partial charge in [0.2, 0.25) is 0 Å². The van der Waals surface area contributed by atoms with Gasteiger partial charge in [0, 0.05) is 25.2 Å². The van der Waals surface area contributed by atoms with E-state index in [1.165, 1.54) is 19.5 Å². The molecule has 1 aliphatic rings. The molecule has 1 aromatic rings. The van der Waals surface area contributed by atoms with Gasteiger partial charge in [-0.15, -0.1) is 0 Å². The van der Waals surface area contributed by atoms with E-state index in [2.05, 4.69) is 24.1 Å². The van der Waals surface area contributed by atoms with E-state index in [0.29, 0.717) is 12.0 Å². The third-order valence-electron chi connectivity index (χ3n) is 3.89. The van der Waals surface area contributed by atoms with Crippen molar-refractivity contribution in [3.05, 3.63) is 18.2 Å². The second-order valence-electron chi connectivity index (χ2n) is 5.58. The molecule has 1 heterocycles. The molecule has 3 N–H and O–H groups in total. The number of hydrogen-bond donors (Lipinski definition) is 2. The Morgan fingerprint density at radius 3 is 2.89 bits per heavy atom. The Kier molecular flexibility index (Phi) is 4.53. The Morgan fingerprint density at radius 2 is 2.26 bits per heavy atom. The average Bonchev–Trinajstić information content (AvgIpc) is 2.87. The zero-order valence-electron chi connectivity index (χ0n) is 12.1. The fraction of sp³-hybridized carbons (Fsp3) is 0.600. The summed E-state index contributed by atoms with van der Waals surface area (Å²) in [5, 5.41) is 3.46. The molecule has 1 unspecified atom stereocenters. The van der Waals surface area contributed by atoms with Crippen molar-refractivity contribution in [3.63, 3.8) is 0 Å². The number of nitrogens with one attached hydrogen (secondary N) is 1. The zero-order valence-corrected chi connectivity index (χ0v) is 12.1. The van der Waals surface area contributed by atoms with Crippen molar-refractivity contribution in [1.82, 2.24) is 4.90 Å². The molecule has 4 heteroatoms. The molecule has 2 rings (SSSR count). The number of benzene rings is 1. The van der Waals surface area contributed by atoms with Gasteiger partial charge < -0.3 is 20.7 Å². The second-order valence-corrected chi connectivity index (χ2v) is 5.58. The molecule has 0 aromatic heterocycles. The van der Waals surface area contributed by atoms with E-state index in [9.17, 15) is 0 Å². The van der Waals surface area contributed by atoms with Crippen molar-refractivity contribution < 1.29 is 4.74 Å². The number of ether oxygens (including phenoxy) is 1. The fourth-order valence-electron chi connectivity index (χ4n) is 2.57. The highest BCUT2D eigenvalue weighted by Crippen LogP contribution is 2.26. The van der Waals surface area contributed by atoms with Gasteiger partial charge in [-0.25, -0.2) is 0 Å². The molecule has 0 amide bonds. The predicted molar refractivity (Wildman–Crippen MR) is 80.7 cm³/mol. The fourth-order valence-corrected chi connectivity index (χ4v) is 2.57. The van der Waals surface area contributed by atoms with Gasteiger partial charge in [0.05, 0.1) is 18.5 Å². The molecule has 0 aliphatic carbocycles. The first kappa shape index (κ1) is 14.0. The van der Waals surface area contributed by atoms with Crippen molar-refractivity contribution in [2.75, 3.05) is 37.8 Å². The summed E-state index contributed by atoms with van der Waals surface area (Å²) in [4.78, 5) is 2.53. The first-order valence-corrected chi connectivity index (χ1v) is 7.01. The van der Waals surface area contributed by atoms with E-state index in [0.717, 1.165) is 23.7 Å². The number of nitrogen functional groups attached to an aromatic ring is 1. The molecule has 1 atom stereocenters. The Bertz CT molecular complexity index is 420. The Morgan fingerprint density at radius 1 is 1.47 bits per heavy atom. The summed E-state index contributed by atoms with van der Waals surface area (Å²) in [6.07, 6.45) is 1.26. The van der Waals surface area contributed by atoms with Gasteiger partial charge in [-0.05, 0) is 44.9 Å². The number of nitrogens with two attached hydrogens (primary N) is 1. The van der Waals surface area contributed by atoms with Gasteiger partial charge in [-0.3, -0.25) is 0 Å². The lowest BCUT2D eigenvalue weighted by atomic mass is 10.1. The predicted octanol–water partition coefficient (Wildman–Crippen LogP) is 2.42. The Hall–Kier alpha value is -1.42. The molecular weight excluding hydrogens is 238 g/mol. The number of methoxy groups -OCH3 is 1. The van der Waals surface area contributed by atoms with Gasteiger partial charge in [0.25, 0.3) is 0 Å². The SMILES string of the molecule is COc1ccc(N)c(NCC2CCN(C(C)C)C2)c1. The highest BCUT2D eigenvalue weighted by atomic mass is 16.5. The monoisotopic (exact) mass is 263 g/mol. The number of likely N-dealkylation sites (tertiary alicyclic amines) is 1. The maximum Gasteiger partial charge on any atom is 0.121 e. The van der Waals surface area contributed by atoms with Crippen LogP contribution in [0, 0.1) is 5.92 Å². The highest BCUT2D eigenvalue weighted by Gasteiger charge is 2.23. The lowest BCUT2D eigenvalue weighted by Crippen LogP contribution is -2.29. The maximum absolute atomic E-state index is 5.98. The Balaban J connectivity index is 1.89. The van der Waals surface area contributed by atoms with Crippen molar-refractivity contribution in [3.8, 4) is 5.75 Å². The first-order valence-electron chi connectivity index (χ1n) is 7.01. The molecule has 0 spiro atoms. The van der Waals surface area contributed by atoms with Crippen LogP contribution in [-0.2, 0) is 0 Å². The molecule has 19 heavy (non-hydrogen) atoms. The molecule has 0 radical (unpaired) electrons. The van der Waals surface area contributed by atoms with E-state index in [1.807, 2.05) is 18.2 Å².